The largest absolute Gasteiger partial charge is 0.388 e. The molecule has 0 radical (unpaired) electrons. The quantitative estimate of drug-likeness (QED) is 0.891. The molecule has 1 aromatic carbocycles. The Hall–Kier alpha value is -1.79. The number of nitrogens with one attached hydrogen (secondary N) is 1. The number of benzene rings is 1. The van der Waals surface area contributed by atoms with Gasteiger partial charge < -0.3 is 10.4 Å². The lowest BCUT2D eigenvalue weighted by Crippen LogP contribution is -2.25. The molecule has 20 heavy (non-hydrogen) atoms. The van der Waals surface area contributed by atoms with E-state index in [2.05, 4.69) is 5.32 Å². The molecule has 0 aliphatic rings. The molecule has 3 nitrogen and oxygen atoms in total. The first-order valence-corrected chi connectivity index (χ1v) is 6.95. The van der Waals surface area contributed by atoms with E-state index in [0.29, 0.717) is 6.42 Å². The van der Waals surface area contributed by atoms with Gasteiger partial charge in [-0.15, -0.1) is 0 Å². The number of amides is 1. The fourth-order valence-electron chi connectivity index (χ4n) is 1.69. The number of aliphatic hydroxyl groups excluding tert-OH is 1. The predicted octanol–water partition coefficient (Wildman–Crippen LogP) is 2.88. The molecule has 0 spiro atoms. The Balaban J connectivity index is 1.84. The summed E-state index contributed by atoms with van der Waals surface area (Å²) < 4.78 is 25.7. The SMILES string of the molecule is O=C(NCCC(O)c1ccsc1)c1ccc(F)c(F)c1. The van der Waals surface area contributed by atoms with Gasteiger partial charge in [-0.25, -0.2) is 8.78 Å². The van der Waals surface area contributed by atoms with Gasteiger partial charge >= 0.3 is 0 Å². The van der Waals surface area contributed by atoms with Crippen molar-refractivity contribution in [1.82, 2.24) is 5.32 Å². The van der Waals surface area contributed by atoms with Gasteiger partial charge in [0.2, 0.25) is 0 Å². The average molecular weight is 297 g/mol. The molecule has 0 saturated heterocycles. The summed E-state index contributed by atoms with van der Waals surface area (Å²) in [5.41, 5.74) is 0.853. The highest BCUT2D eigenvalue weighted by Gasteiger charge is 2.11. The van der Waals surface area contributed by atoms with E-state index < -0.39 is 23.6 Å². The second-order valence-corrected chi connectivity index (χ2v) is 5.03. The first-order chi connectivity index (χ1) is 9.58. The summed E-state index contributed by atoms with van der Waals surface area (Å²) in [5.74, 6) is -2.55. The van der Waals surface area contributed by atoms with Gasteiger partial charge in [-0.3, -0.25) is 4.79 Å². The number of rotatable bonds is 5. The lowest BCUT2D eigenvalue weighted by Gasteiger charge is -2.10. The molecule has 1 amide bonds. The number of hydrogen-bond acceptors (Lipinski definition) is 3. The summed E-state index contributed by atoms with van der Waals surface area (Å²) >= 11 is 1.48. The van der Waals surface area contributed by atoms with Gasteiger partial charge in [0.25, 0.3) is 5.91 Å². The Kier molecular flexibility index (Phi) is 4.81. The first kappa shape index (κ1) is 14.6. The van der Waals surface area contributed by atoms with Crippen LogP contribution in [-0.2, 0) is 0 Å². The first-order valence-electron chi connectivity index (χ1n) is 6.01. The molecule has 106 valence electrons. The van der Waals surface area contributed by atoms with E-state index in [0.717, 1.165) is 17.7 Å². The van der Waals surface area contributed by atoms with Crippen LogP contribution in [0.5, 0.6) is 0 Å². The van der Waals surface area contributed by atoms with Gasteiger partial charge in [-0.1, -0.05) is 0 Å². The van der Waals surface area contributed by atoms with Crippen LogP contribution in [0.1, 0.15) is 28.4 Å². The van der Waals surface area contributed by atoms with Crippen molar-refractivity contribution in [3.63, 3.8) is 0 Å². The third-order valence-corrected chi connectivity index (χ3v) is 3.51. The maximum atomic E-state index is 13.0. The van der Waals surface area contributed by atoms with Crippen molar-refractivity contribution in [2.45, 2.75) is 12.5 Å². The molecule has 1 unspecified atom stereocenters. The van der Waals surface area contributed by atoms with Crippen molar-refractivity contribution < 1.29 is 18.7 Å². The molecule has 0 aliphatic carbocycles. The third-order valence-electron chi connectivity index (χ3n) is 2.81. The van der Waals surface area contributed by atoms with E-state index in [1.54, 1.807) is 0 Å². The molecule has 0 aliphatic heterocycles. The molecular formula is C14H13F2NO2S. The minimum absolute atomic E-state index is 0.0499. The highest BCUT2D eigenvalue weighted by atomic mass is 32.1. The van der Waals surface area contributed by atoms with Crippen LogP contribution in [-0.4, -0.2) is 17.6 Å². The summed E-state index contributed by atoms with van der Waals surface area (Å²) in [4.78, 5) is 11.7. The van der Waals surface area contributed by atoms with Gasteiger partial charge in [0.15, 0.2) is 11.6 Å². The average Bonchev–Trinajstić information content (AvgIpc) is 2.95. The summed E-state index contributed by atoms with van der Waals surface area (Å²) in [6.45, 7) is 0.245. The normalized spacial score (nSPS) is 12.2. The van der Waals surface area contributed by atoms with Crippen LogP contribution in [0.2, 0.25) is 0 Å². The van der Waals surface area contributed by atoms with Crippen LogP contribution >= 0.6 is 11.3 Å². The molecule has 6 heteroatoms. The number of aliphatic hydroxyl groups is 1. The van der Waals surface area contributed by atoms with E-state index in [-0.39, 0.29) is 12.1 Å². The second-order valence-electron chi connectivity index (χ2n) is 4.25. The van der Waals surface area contributed by atoms with Crippen molar-refractivity contribution in [3.05, 3.63) is 57.8 Å². The van der Waals surface area contributed by atoms with Crippen LogP contribution in [0.25, 0.3) is 0 Å². The van der Waals surface area contributed by atoms with Crippen molar-refractivity contribution in [1.29, 1.82) is 0 Å². The van der Waals surface area contributed by atoms with Crippen molar-refractivity contribution in [2.24, 2.45) is 0 Å². The fourth-order valence-corrected chi connectivity index (χ4v) is 2.40. The minimum atomic E-state index is -1.06. The lowest BCUT2D eigenvalue weighted by atomic mass is 10.1. The molecular weight excluding hydrogens is 284 g/mol. The molecule has 2 rings (SSSR count). The van der Waals surface area contributed by atoms with Gasteiger partial charge in [-0.05, 0) is 47.0 Å². The summed E-state index contributed by atoms with van der Waals surface area (Å²) in [7, 11) is 0. The highest BCUT2D eigenvalue weighted by Crippen LogP contribution is 2.18. The monoisotopic (exact) mass is 297 g/mol. The van der Waals surface area contributed by atoms with E-state index in [1.807, 2.05) is 16.8 Å². The smallest absolute Gasteiger partial charge is 0.251 e. The zero-order valence-electron chi connectivity index (χ0n) is 10.5. The highest BCUT2D eigenvalue weighted by molar-refractivity contribution is 7.07. The van der Waals surface area contributed by atoms with E-state index >= 15 is 0 Å². The Labute approximate surface area is 118 Å². The number of carbonyl (C=O) groups excluding carboxylic acids is 1. The Morgan fingerprint density at radius 3 is 2.75 bits per heavy atom. The van der Waals surface area contributed by atoms with Gasteiger partial charge in [0.05, 0.1) is 6.10 Å². The van der Waals surface area contributed by atoms with E-state index in [9.17, 15) is 18.7 Å². The van der Waals surface area contributed by atoms with Crippen molar-refractivity contribution >= 4 is 17.2 Å². The van der Waals surface area contributed by atoms with Crippen molar-refractivity contribution in [2.75, 3.05) is 6.54 Å². The topological polar surface area (TPSA) is 49.3 Å². The fraction of sp³-hybridized carbons (Fsp3) is 0.214. The van der Waals surface area contributed by atoms with Crippen LogP contribution in [0.3, 0.4) is 0 Å². The Bertz CT molecular complexity index is 587. The van der Waals surface area contributed by atoms with Crippen LogP contribution in [0.15, 0.2) is 35.0 Å². The molecule has 2 aromatic rings. The summed E-state index contributed by atoms with van der Waals surface area (Å²) in [5, 5.41) is 16.1. The Morgan fingerprint density at radius 1 is 1.30 bits per heavy atom. The van der Waals surface area contributed by atoms with E-state index in [4.69, 9.17) is 0 Å². The summed E-state index contributed by atoms with van der Waals surface area (Å²) in [6.07, 6.45) is -0.293. The number of carbonyl (C=O) groups is 1. The molecule has 1 heterocycles. The third kappa shape index (κ3) is 3.61. The second kappa shape index (κ2) is 6.58. The van der Waals surface area contributed by atoms with Crippen LogP contribution in [0, 0.1) is 11.6 Å². The lowest BCUT2D eigenvalue weighted by molar-refractivity contribution is 0.0942. The molecule has 2 N–H and O–H groups in total. The Morgan fingerprint density at radius 2 is 2.10 bits per heavy atom. The standard InChI is InChI=1S/C14H13F2NO2S/c15-11-2-1-9(7-12(11)16)14(19)17-5-3-13(18)10-4-6-20-8-10/h1-2,4,6-8,13,18H,3,5H2,(H,17,19). The van der Waals surface area contributed by atoms with Crippen molar-refractivity contribution in [3.8, 4) is 0 Å². The van der Waals surface area contributed by atoms with Gasteiger partial charge in [0.1, 0.15) is 0 Å². The molecule has 1 atom stereocenters. The summed E-state index contributed by atoms with van der Waals surface area (Å²) in [6, 6.07) is 4.78. The van der Waals surface area contributed by atoms with Crippen LogP contribution in [0.4, 0.5) is 8.78 Å². The van der Waals surface area contributed by atoms with Gasteiger partial charge in [0, 0.05) is 12.1 Å². The molecule has 1 aromatic heterocycles. The predicted molar refractivity (Wildman–Crippen MR) is 72.6 cm³/mol. The molecule has 0 bridgehead atoms. The zero-order chi connectivity index (χ0) is 14.5. The number of hydrogen-bond donors (Lipinski definition) is 2. The number of thiophene rings is 1. The number of halogens is 2. The van der Waals surface area contributed by atoms with Crippen LogP contribution < -0.4 is 5.32 Å². The maximum Gasteiger partial charge on any atom is 0.251 e. The van der Waals surface area contributed by atoms with E-state index in [1.165, 1.54) is 17.4 Å². The molecule has 0 fully saturated rings. The molecule has 0 saturated carbocycles. The maximum absolute atomic E-state index is 13.0. The zero-order valence-corrected chi connectivity index (χ0v) is 11.3. The van der Waals surface area contributed by atoms with Gasteiger partial charge in [-0.2, -0.15) is 11.3 Å². The minimum Gasteiger partial charge on any atom is -0.388 e.